The summed E-state index contributed by atoms with van der Waals surface area (Å²) in [6, 6.07) is 7.73. The summed E-state index contributed by atoms with van der Waals surface area (Å²) >= 11 is 1.44. The molecule has 7 nitrogen and oxygen atoms in total. The number of nitrogens with zero attached hydrogens (tertiary/aromatic N) is 4. The van der Waals surface area contributed by atoms with E-state index in [9.17, 15) is 0 Å². The van der Waals surface area contributed by atoms with E-state index in [1.165, 1.54) is 11.3 Å². The maximum Gasteiger partial charge on any atom is 0.211 e. The topological polar surface area (TPSA) is 82.1 Å². The van der Waals surface area contributed by atoms with Crippen LogP contribution in [0, 0.1) is 6.92 Å². The first-order valence-corrected chi connectivity index (χ1v) is 9.32. The van der Waals surface area contributed by atoms with Crippen molar-refractivity contribution in [1.82, 2.24) is 20.2 Å². The van der Waals surface area contributed by atoms with Crippen LogP contribution in [-0.2, 0) is 4.74 Å². The van der Waals surface area contributed by atoms with Crippen LogP contribution in [0.15, 0.2) is 36.7 Å². The van der Waals surface area contributed by atoms with Crippen molar-refractivity contribution in [3.05, 3.63) is 42.2 Å². The third kappa shape index (κ3) is 3.97. The zero-order valence-electron chi connectivity index (χ0n) is 14.4. The summed E-state index contributed by atoms with van der Waals surface area (Å²) in [7, 11) is 0. The molecule has 0 radical (unpaired) electrons. The average Bonchev–Trinajstić information content (AvgIpc) is 3.14. The first-order valence-electron chi connectivity index (χ1n) is 8.51. The molecule has 0 amide bonds. The van der Waals surface area contributed by atoms with Gasteiger partial charge in [0.1, 0.15) is 23.4 Å². The molecule has 0 atom stereocenters. The molecule has 26 heavy (non-hydrogen) atoms. The average molecular weight is 369 g/mol. The lowest BCUT2D eigenvalue weighted by Gasteiger charge is -2.23. The normalized spacial score (nSPS) is 15.0. The Morgan fingerprint density at radius 1 is 1.15 bits per heavy atom. The van der Waals surface area contributed by atoms with Crippen molar-refractivity contribution in [3.63, 3.8) is 0 Å². The van der Waals surface area contributed by atoms with Crippen LogP contribution in [-0.4, -0.2) is 39.5 Å². The van der Waals surface area contributed by atoms with Crippen LogP contribution in [0.1, 0.15) is 18.4 Å². The second-order valence-corrected chi connectivity index (χ2v) is 6.99. The van der Waals surface area contributed by atoms with E-state index >= 15 is 0 Å². The fourth-order valence-corrected chi connectivity index (χ4v) is 3.38. The summed E-state index contributed by atoms with van der Waals surface area (Å²) in [6.07, 6.45) is 5.52. The highest BCUT2D eigenvalue weighted by Crippen LogP contribution is 2.28. The molecule has 1 N–H and O–H groups in total. The van der Waals surface area contributed by atoms with Gasteiger partial charge in [-0.2, -0.15) is 0 Å². The number of rotatable bonds is 5. The number of pyridine rings is 2. The van der Waals surface area contributed by atoms with Crippen molar-refractivity contribution in [2.75, 3.05) is 18.5 Å². The van der Waals surface area contributed by atoms with E-state index in [-0.39, 0.29) is 6.10 Å². The highest BCUT2D eigenvalue weighted by molar-refractivity contribution is 7.18. The molecule has 0 unspecified atom stereocenters. The molecule has 1 aliphatic rings. The predicted molar refractivity (Wildman–Crippen MR) is 99.9 cm³/mol. The van der Waals surface area contributed by atoms with Gasteiger partial charge in [0.2, 0.25) is 5.13 Å². The molecule has 1 fully saturated rings. The maximum atomic E-state index is 5.95. The number of anilines is 2. The van der Waals surface area contributed by atoms with Crippen molar-refractivity contribution in [2.24, 2.45) is 0 Å². The van der Waals surface area contributed by atoms with Gasteiger partial charge in [-0.1, -0.05) is 17.4 Å². The van der Waals surface area contributed by atoms with Gasteiger partial charge in [-0.3, -0.25) is 0 Å². The van der Waals surface area contributed by atoms with Crippen LogP contribution < -0.4 is 10.1 Å². The molecule has 3 aromatic rings. The van der Waals surface area contributed by atoms with Gasteiger partial charge >= 0.3 is 0 Å². The summed E-state index contributed by atoms with van der Waals surface area (Å²) < 4.78 is 11.3. The second-order valence-electron chi connectivity index (χ2n) is 6.01. The summed E-state index contributed by atoms with van der Waals surface area (Å²) in [4.78, 5) is 8.77. The predicted octanol–water partition coefficient (Wildman–Crippen LogP) is 3.60. The minimum Gasteiger partial charge on any atom is -0.489 e. The lowest BCUT2D eigenvalue weighted by Crippen LogP contribution is -2.25. The quantitative estimate of drug-likeness (QED) is 0.736. The lowest BCUT2D eigenvalue weighted by molar-refractivity contribution is 0.0254. The van der Waals surface area contributed by atoms with Crippen LogP contribution in [0.2, 0.25) is 0 Å². The zero-order valence-corrected chi connectivity index (χ0v) is 15.2. The Balaban J connectivity index is 1.43. The third-order valence-corrected chi connectivity index (χ3v) is 4.95. The Morgan fingerprint density at radius 2 is 2.04 bits per heavy atom. The molecule has 0 spiro atoms. The van der Waals surface area contributed by atoms with Crippen molar-refractivity contribution in [2.45, 2.75) is 25.9 Å². The molecule has 1 saturated heterocycles. The number of hydrogen-bond acceptors (Lipinski definition) is 8. The van der Waals surface area contributed by atoms with E-state index in [1.807, 2.05) is 31.2 Å². The highest BCUT2D eigenvalue weighted by atomic mass is 32.1. The van der Waals surface area contributed by atoms with Crippen molar-refractivity contribution < 1.29 is 9.47 Å². The maximum absolute atomic E-state index is 5.95. The van der Waals surface area contributed by atoms with Gasteiger partial charge in [0.05, 0.1) is 19.4 Å². The molecule has 3 aromatic heterocycles. The van der Waals surface area contributed by atoms with Crippen LogP contribution in [0.4, 0.5) is 10.9 Å². The first-order chi connectivity index (χ1) is 12.8. The van der Waals surface area contributed by atoms with Crippen LogP contribution >= 0.6 is 11.3 Å². The summed E-state index contributed by atoms with van der Waals surface area (Å²) in [6.45, 7) is 3.51. The van der Waals surface area contributed by atoms with Gasteiger partial charge < -0.3 is 14.8 Å². The summed E-state index contributed by atoms with van der Waals surface area (Å²) in [5, 5.41) is 13.0. The van der Waals surface area contributed by atoms with E-state index in [4.69, 9.17) is 9.47 Å². The standard InChI is InChI=1S/C18H19N5O2S/c1-12-3-2-8-19-16(12)21-18-23-22-17(26-18)15-5-4-14(11-20-15)25-13-6-9-24-10-7-13/h2-5,8,11,13H,6-7,9-10H2,1H3,(H,19,21,23). The SMILES string of the molecule is Cc1cccnc1Nc1nnc(-c2ccc(OC3CCOCC3)cn2)s1. The first kappa shape index (κ1) is 16.9. The highest BCUT2D eigenvalue weighted by Gasteiger charge is 2.16. The van der Waals surface area contributed by atoms with E-state index in [0.717, 1.165) is 53.9 Å². The molecule has 0 bridgehead atoms. The number of hydrogen-bond donors (Lipinski definition) is 1. The van der Waals surface area contributed by atoms with E-state index in [1.54, 1.807) is 12.4 Å². The molecule has 0 saturated carbocycles. The number of aromatic nitrogens is 4. The van der Waals surface area contributed by atoms with Crippen LogP contribution in [0.3, 0.4) is 0 Å². The molecule has 1 aliphatic heterocycles. The molecule has 8 heteroatoms. The van der Waals surface area contributed by atoms with Crippen molar-refractivity contribution >= 4 is 22.3 Å². The third-order valence-electron chi connectivity index (χ3n) is 4.09. The van der Waals surface area contributed by atoms with E-state index in [2.05, 4.69) is 25.5 Å². The Morgan fingerprint density at radius 3 is 2.81 bits per heavy atom. The zero-order chi connectivity index (χ0) is 17.8. The Kier molecular flexibility index (Phi) is 5.03. The van der Waals surface area contributed by atoms with Gasteiger partial charge in [-0.15, -0.1) is 10.2 Å². The molecular weight excluding hydrogens is 350 g/mol. The largest absolute Gasteiger partial charge is 0.489 e. The minimum absolute atomic E-state index is 0.204. The Labute approximate surface area is 155 Å². The summed E-state index contributed by atoms with van der Waals surface area (Å²) in [5.74, 6) is 1.55. The van der Waals surface area contributed by atoms with Crippen molar-refractivity contribution in [1.29, 1.82) is 0 Å². The van der Waals surface area contributed by atoms with E-state index in [0.29, 0.717) is 5.13 Å². The lowest BCUT2D eigenvalue weighted by atomic mass is 10.1. The molecule has 4 rings (SSSR count). The molecule has 0 aromatic carbocycles. The van der Waals surface area contributed by atoms with Gasteiger partial charge in [0.25, 0.3) is 0 Å². The van der Waals surface area contributed by atoms with E-state index < -0.39 is 0 Å². The van der Waals surface area contributed by atoms with Crippen LogP contribution in [0.25, 0.3) is 10.7 Å². The Hall–Kier alpha value is -2.58. The van der Waals surface area contributed by atoms with Gasteiger partial charge in [-0.25, -0.2) is 9.97 Å². The fraction of sp³-hybridized carbons (Fsp3) is 0.333. The van der Waals surface area contributed by atoms with Gasteiger partial charge in [0.15, 0.2) is 5.01 Å². The fourth-order valence-electron chi connectivity index (χ4n) is 2.66. The Bertz CT molecular complexity index is 862. The molecule has 4 heterocycles. The second kappa shape index (κ2) is 7.76. The monoisotopic (exact) mass is 369 g/mol. The molecular formula is C18H19N5O2S. The van der Waals surface area contributed by atoms with Crippen LogP contribution in [0.5, 0.6) is 5.75 Å². The summed E-state index contributed by atoms with van der Waals surface area (Å²) in [5.41, 5.74) is 1.82. The number of aryl methyl sites for hydroxylation is 1. The van der Waals surface area contributed by atoms with Gasteiger partial charge in [0, 0.05) is 19.0 Å². The number of nitrogens with one attached hydrogen (secondary N) is 1. The molecule has 134 valence electrons. The van der Waals surface area contributed by atoms with Crippen molar-refractivity contribution in [3.8, 4) is 16.5 Å². The smallest absolute Gasteiger partial charge is 0.211 e. The molecule has 0 aliphatic carbocycles. The number of ether oxygens (including phenoxy) is 2. The van der Waals surface area contributed by atoms with Gasteiger partial charge in [-0.05, 0) is 30.7 Å². The minimum atomic E-state index is 0.204.